The quantitative estimate of drug-likeness (QED) is 0.0713. The predicted octanol–water partition coefficient (Wildman–Crippen LogP) is -3.72. The molecule has 9 rings (SSSR count). The Kier molecular flexibility index (Phi) is 12.8. The Hall–Kier alpha value is -9.28. The van der Waals surface area contributed by atoms with Gasteiger partial charge in [0.25, 0.3) is 41.6 Å². The van der Waals surface area contributed by atoms with Crippen LogP contribution in [0.2, 0.25) is 0 Å². The summed E-state index contributed by atoms with van der Waals surface area (Å²) in [6, 6.07) is 0. The number of rotatable bonds is 0. The number of aromatic amines is 1. The summed E-state index contributed by atoms with van der Waals surface area (Å²) in [6.07, 6.45) is 3.54. The number of H-pyrrole nitrogens is 1. The van der Waals surface area contributed by atoms with Crippen molar-refractivity contribution in [2.24, 2.45) is 10.7 Å². The van der Waals surface area contributed by atoms with E-state index in [4.69, 9.17) is 44.2 Å². The molecule has 0 aromatic carbocycles. The molecule has 10 bridgehead atoms. The zero-order chi connectivity index (χ0) is 42.4. The Morgan fingerprint density at radius 2 is 0.867 bits per heavy atom. The summed E-state index contributed by atoms with van der Waals surface area (Å²) in [6.45, 7) is 0. The lowest BCUT2D eigenvalue weighted by Crippen LogP contribution is -2.41. The van der Waals surface area contributed by atoms with Crippen molar-refractivity contribution < 1.29 is 0 Å². The van der Waals surface area contributed by atoms with E-state index in [2.05, 4.69) is 135 Å². The lowest BCUT2D eigenvalue weighted by atomic mass is 10.2. The van der Waals surface area contributed by atoms with E-state index >= 15 is 0 Å². The van der Waals surface area contributed by atoms with E-state index in [0.29, 0.717) is 51.4 Å². The number of nitrogen functional groups attached to an aromatic ring is 2. The number of hydrogen-bond donors (Lipinski definition) is 19. The third-order valence-corrected chi connectivity index (χ3v) is 7.28. The van der Waals surface area contributed by atoms with Gasteiger partial charge in [-0.2, -0.15) is 29.3 Å². The number of nitrogens with one attached hydrogen (secondary N) is 16. The Morgan fingerprint density at radius 3 is 1.33 bits per heavy atom. The van der Waals surface area contributed by atoms with Crippen LogP contribution in [0.5, 0.6) is 0 Å². The number of nitrogens with two attached hydrogens (primary N) is 3. The van der Waals surface area contributed by atoms with Crippen molar-refractivity contribution in [1.82, 2.24) is 113 Å². The summed E-state index contributed by atoms with van der Waals surface area (Å²) < 4.78 is 2.14. The van der Waals surface area contributed by atoms with Crippen molar-refractivity contribution >= 4 is 82.8 Å². The molecule has 0 spiro atoms. The standard InChI is InChI=1S/C24H38N36/c25-9-5-1-2-7-11(27)41-52-22-36-16(32)60(58-22)24-55-49-20(50-56-24)38-17-37-19(46-44-17)45-40-10(26)6-3-4-8-12(28)42-51-21-35-15(31)59(57-21)23-53-47-18(48-54-23)34-13(29)33-14(30)43-39-9/h1-8H2,(H2,25,39)(H2,26,40)(H2,27,41)(H2,28,42)(H3,31,35,51,57)(H3,32,36,52,58)(H5,29,30,33,34,43,47,48)(H3,37,38,44,45,46,49,50). The van der Waals surface area contributed by atoms with Gasteiger partial charge in [-0.25, -0.2) is 5.10 Å². The summed E-state index contributed by atoms with van der Waals surface area (Å²) in [5, 5.41) is 92.1. The monoisotopic (exact) mass is 830 g/mol. The first-order valence-electron chi connectivity index (χ1n) is 17.3. The molecule has 22 N–H and O–H groups in total. The molecular weight excluding hydrogens is 793 g/mol. The molecule has 9 heterocycles. The van der Waals surface area contributed by atoms with Crippen LogP contribution >= 0.6 is 0 Å². The van der Waals surface area contributed by atoms with Crippen molar-refractivity contribution in [2.75, 3.05) is 38.4 Å². The maximum absolute atomic E-state index is 8.18. The first-order valence-corrected chi connectivity index (χ1v) is 17.3. The second-order valence-electron chi connectivity index (χ2n) is 11.9. The van der Waals surface area contributed by atoms with Crippen LogP contribution in [-0.4, -0.2) is 121 Å². The molecule has 0 atom stereocenters. The molecule has 314 valence electrons. The van der Waals surface area contributed by atoms with Gasteiger partial charge < -0.3 is 17.2 Å². The molecule has 36 heteroatoms. The van der Waals surface area contributed by atoms with Gasteiger partial charge >= 0.3 is 0 Å². The van der Waals surface area contributed by atoms with Crippen LogP contribution < -0.4 is 71.2 Å². The van der Waals surface area contributed by atoms with Gasteiger partial charge in [0.15, 0.2) is 0 Å². The number of nitrogens with zero attached hydrogens (tertiary/aromatic N) is 17. The molecule has 0 radical (unpaired) electrons. The fourth-order valence-electron chi connectivity index (χ4n) is 4.52. The van der Waals surface area contributed by atoms with Crippen LogP contribution in [-0.2, 0) is 0 Å². The molecule has 0 amide bonds. The fourth-order valence-corrected chi connectivity index (χ4v) is 4.52. The van der Waals surface area contributed by atoms with Crippen LogP contribution in [0.4, 0.5) is 47.6 Å². The summed E-state index contributed by atoms with van der Waals surface area (Å²) >= 11 is 0. The first kappa shape index (κ1) is 40.4. The van der Waals surface area contributed by atoms with Crippen LogP contribution in [0.1, 0.15) is 51.4 Å². The molecule has 5 aromatic heterocycles. The highest BCUT2D eigenvalue weighted by Crippen LogP contribution is 2.12. The van der Waals surface area contributed by atoms with Crippen molar-refractivity contribution in [3.05, 3.63) is 0 Å². The average Bonchev–Trinajstić information content (AvgIpc) is 3.95. The maximum atomic E-state index is 8.18. The molecule has 0 saturated heterocycles. The molecule has 0 aliphatic carbocycles. The van der Waals surface area contributed by atoms with E-state index in [9.17, 15) is 0 Å². The summed E-state index contributed by atoms with van der Waals surface area (Å²) in [5.41, 5.74) is 38.9. The molecule has 5 aromatic rings. The third kappa shape index (κ3) is 11.6. The van der Waals surface area contributed by atoms with Crippen LogP contribution in [0.3, 0.4) is 0 Å². The average molecular weight is 831 g/mol. The largest absolute Gasteiger partial charge is 0.369 e. The van der Waals surface area contributed by atoms with E-state index in [0.717, 1.165) is 9.36 Å². The van der Waals surface area contributed by atoms with Gasteiger partial charge in [0, 0.05) is 25.7 Å². The number of amidine groups is 4. The highest BCUT2D eigenvalue weighted by molar-refractivity contribution is 5.99. The fraction of sp³-hybridized carbons (Fsp3) is 0.333. The van der Waals surface area contributed by atoms with E-state index in [1.54, 1.807) is 0 Å². The predicted molar refractivity (Wildman–Crippen MR) is 211 cm³/mol. The van der Waals surface area contributed by atoms with Gasteiger partial charge in [-0.3, -0.25) is 81.1 Å². The summed E-state index contributed by atoms with van der Waals surface area (Å²) in [5.74, 6) is -0.591. The van der Waals surface area contributed by atoms with Gasteiger partial charge in [0.2, 0.25) is 29.8 Å². The zero-order valence-electron chi connectivity index (χ0n) is 31.0. The third-order valence-electron chi connectivity index (χ3n) is 7.28. The van der Waals surface area contributed by atoms with Gasteiger partial charge in [-0.15, -0.1) is 56.1 Å². The highest BCUT2D eigenvalue weighted by atomic mass is 15.6. The lowest BCUT2D eigenvalue weighted by Gasteiger charge is -2.10. The number of hydrogen-bond acceptors (Lipinski definition) is 27. The smallest absolute Gasteiger partial charge is 0.292 e. The Labute approximate surface area is 334 Å². The molecule has 36 nitrogen and oxygen atoms in total. The Morgan fingerprint density at radius 1 is 0.450 bits per heavy atom. The lowest BCUT2D eigenvalue weighted by molar-refractivity contribution is 0.734. The van der Waals surface area contributed by atoms with Crippen molar-refractivity contribution in [3.63, 3.8) is 0 Å². The maximum Gasteiger partial charge on any atom is 0.292 e. The normalized spacial score (nSPS) is 16.5. The van der Waals surface area contributed by atoms with E-state index in [1.165, 1.54) is 0 Å². The van der Waals surface area contributed by atoms with Crippen molar-refractivity contribution in [3.8, 4) is 11.9 Å². The number of hydrazine groups is 4. The minimum absolute atomic E-state index is 0.0101. The number of anilines is 8. The van der Waals surface area contributed by atoms with E-state index < -0.39 is 5.96 Å². The molecule has 0 unspecified atom stereocenters. The minimum Gasteiger partial charge on any atom is -0.369 e. The number of aliphatic imine (C=N–C) groups is 1. The van der Waals surface area contributed by atoms with Crippen molar-refractivity contribution in [2.45, 2.75) is 51.4 Å². The van der Waals surface area contributed by atoms with Crippen molar-refractivity contribution in [1.29, 1.82) is 27.0 Å². The molecular formula is C24H38N36. The molecule has 4 aliphatic heterocycles. The second-order valence-corrected chi connectivity index (χ2v) is 11.9. The van der Waals surface area contributed by atoms with Gasteiger partial charge in [0.05, 0.1) is 0 Å². The number of guanidine groups is 2. The van der Waals surface area contributed by atoms with Crippen LogP contribution in [0, 0.1) is 27.0 Å². The second kappa shape index (κ2) is 19.0. The molecule has 0 fully saturated rings. The van der Waals surface area contributed by atoms with Crippen LogP contribution in [0.25, 0.3) is 11.9 Å². The minimum atomic E-state index is -0.433. The first-order chi connectivity index (χ1) is 29.0. The molecule has 4 aliphatic rings. The Balaban J connectivity index is 1.05. The van der Waals surface area contributed by atoms with Gasteiger partial charge in [0.1, 0.15) is 23.3 Å². The summed E-state index contributed by atoms with van der Waals surface area (Å²) in [4.78, 5) is 16.1. The SMILES string of the molecule is N=C1CCCCC(=N)NNc2nc(N)n(n2)-c2nnc(nn2)Nc2nc(n[nH]2)NNC(=N)CCCCC(=N)NNc2nc(N)n(n2)-c2nnc(nn2)N/C(N)=N/C(=N)NN1. The zero-order valence-corrected chi connectivity index (χ0v) is 31.0. The van der Waals surface area contributed by atoms with Gasteiger partial charge in [-0.05, 0) is 25.7 Å². The number of aromatic nitrogens is 17. The van der Waals surface area contributed by atoms with E-state index in [-0.39, 0.29) is 88.8 Å². The van der Waals surface area contributed by atoms with E-state index in [1.807, 2.05) is 0 Å². The Bertz CT molecular complexity index is 2310. The summed E-state index contributed by atoms with van der Waals surface area (Å²) in [7, 11) is 0. The van der Waals surface area contributed by atoms with Crippen LogP contribution in [0.15, 0.2) is 4.99 Å². The molecule has 60 heavy (non-hydrogen) atoms. The molecule has 0 saturated carbocycles. The topological polar surface area (TPSA) is 536 Å². The highest BCUT2D eigenvalue weighted by Gasteiger charge is 2.16. The van der Waals surface area contributed by atoms with Gasteiger partial charge in [-0.1, -0.05) is 0 Å².